The average Bonchev–Trinajstić information content (AvgIpc) is 3.32. The predicted molar refractivity (Wildman–Crippen MR) is 118 cm³/mol. The van der Waals surface area contributed by atoms with E-state index in [1.165, 1.54) is 0 Å². The fourth-order valence-electron chi connectivity index (χ4n) is 3.48. The van der Waals surface area contributed by atoms with Crippen molar-refractivity contribution < 1.29 is 14.0 Å². The molecule has 0 fully saturated rings. The third-order valence-electron chi connectivity index (χ3n) is 5.50. The number of ketones is 1. The summed E-state index contributed by atoms with van der Waals surface area (Å²) in [5.41, 5.74) is 4.46. The van der Waals surface area contributed by atoms with E-state index in [9.17, 15) is 9.59 Å². The fourth-order valence-corrected chi connectivity index (χ4v) is 3.48. The van der Waals surface area contributed by atoms with Crippen LogP contribution in [0.25, 0.3) is 0 Å². The van der Waals surface area contributed by atoms with Crippen LogP contribution in [-0.2, 0) is 11.3 Å². The summed E-state index contributed by atoms with van der Waals surface area (Å²) >= 11 is 0. The van der Waals surface area contributed by atoms with Crippen molar-refractivity contribution in [2.75, 3.05) is 18.9 Å². The highest BCUT2D eigenvalue weighted by Crippen LogP contribution is 2.20. The Kier molecular flexibility index (Phi) is 6.57. The van der Waals surface area contributed by atoms with Crippen molar-refractivity contribution in [3.8, 4) is 0 Å². The summed E-state index contributed by atoms with van der Waals surface area (Å²) in [6, 6.07) is 12.9. The van der Waals surface area contributed by atoms with Crippen LogP contribution in [0.2, 0.25) is 0 Å². The molecule has 3 rings (SSSR count). The Bertz CT molecular complexity index is 1020. The maximum absolute atomic E-state index is 13.1. The number of carbonyl (C=O) groups excluding carboxylic acids is 2. The van der Waals surface area contributed by atoms with Crippen LogP contribution in [0.5, 0.6) is 0 Å². The molecule has 6 heteroatoms. The first-order chi connectivity index (χ1) is 14.3. The lowest BCUT2D eigenvalue weighted by Gasteiger charge is -2.23. The molecule has 2 aromatic heterocycles. The molecule has 1 amide bonds. The lowest BCUT2D eigenvalue weighted by Crippen LogP contribution is -2.41. The summed E-state index contributed by atoms with van der Waals surface area (Å²) in [7, 11) is 1.79. The van der Waals surface area contributed by atoms with Crippen molar-refractivity contribution in [2.24, 2.45) is 0 Å². The highest BCUT2D eigenvalue weighted by molar-refractivity contribution is 6.01. The number of amides is 1. The SMILES string of the molecule is Cc1ccc(NC(=O)CN(C)[C@@H](C)C(=O)c2cc(C)n(Cc3ccco3)c2C)cc1. The zero-order chi connectivity index (χ0) is 21.8. The number of likely N-dealkylation sites (N-methyl/N-ethyl adjacent to an activating group) is 1. The topological polar surface area (TPSA) is 67.5 Å². The number of nitrogens with one attached hydrogen (secondary N) is 1. The largest absolute Gasteiger partial charge is 0.467 e. The second-order valence-electron chi connectivity index (χ2n) is 7.82. The van der Waals surface area contributed by atoms with E-state index in [4.69, 9.17) is 4.42 Å². The molecule has 0 radical (unpaired) electrons. The van der Waals surface area contributed by atoms with Crippen molar-refractivity contribution in [2.45, 2.75) is 40.3 Å². The summed E-state index contributed by atoms with van der Waals surface area (Å²) in [5.74, 6) is 0.692. The molecule has 0 aliphatic rings. The van der Waals surface area contributed by atoms with Gasteiger partial charge in [-0.25, -0.2) is 0 Å². The number of nitrogens with zero attached hydrogens (tertiary/aromatic N) is 2. The zero-order valence-electron chi connectivity index (χ0n) is 18.2. The van der Waals surface area contributed by atoms with Crippen molar-refractivity contribution in [1.82, 2.24) is 9.47 Å². The Morgan fingerprint density at radius 2 is 1.83 bits per heavy atom. The first kappa shape index (κ1) is 21.6. The van der Waals surface area contributed by atoms with Gasteiger partial charge in [-0.3, -0.25) is 14.5 Å². The van der Waals surface area contributed by atoms with Crippen molar-refractivity contribution >= 4 is 17.4 Å². The molecular weight excluding hydrogens is 378 g/mol. The van der Waals surface area contributed by atoms with Crippen molar-refractivity contribution in [3.05, 3.63) is 77.0 Å². The maximum Gasteiger partial charge on any atom is 0.238 e. The standard InChI is InChI=1S/C24H29N3O3/c1-16-8-10-20(11-9-16)25-23(28)15-26(5)19(4)24(29)22-13-17(2)27(18(22)3)14-21-7-6-12-30-21/h6-13,19H,14-15H2,1-5H3,(H,25,28)/t19-/m0/s1. The molecule has 0 aliphatic carbocycles. The minimum absolute atomic E-state index is 0.000527. The van der Waals surface area contributed by atoms with Gasteiger partial charge < -0.3 is 14.3 Å². The van der Waals surface area contributed by atoms with E-state index in [0.29, 0.717) is 12.1 Å². The fraction of sp³-hybridized carbons (Fsp3) is 0.333. The van der Waals surface area contributed by atoms with Gasteiger partial charge in [0.05, 0.1) is 25.4 Å². The third kappa shape index (κ3) is 4.89. The van der Waals surface area contributed by atoms with E-state index in [1.54, 1.807) is 18.2 Å². The third-order valence-corrected chi connectivity index (χ3v) is 5.50. The summed E-state index contributed by atoms with van der Waals surface area (Å²) in [5, 5.41) is 2.88. The lowest BCUT2D eigenvalue weighted by atomic mass is 10.0. The summed E-state index contributed by atoms with van der Waals surface area (Å²) < 4.78 is 7.52. The van der Waals surface area contributed by atoms with Gasteiger partial charge in [0.2, 0.25) is 5.91 Å². The molecule has 0 aliphatic heterocycles. The zero-order valence-corrected chi connectivity index (χ0v) is 18.2. The number of aryl methyl sites for hydroxylation is 2. The molecule has 1 N–H and O–H groups in total. The number of carbonyl (C=O) groups is 2. The molecule has 6 nitrogen and oxygen atoms in total. The van der Waals surface area contributed by atoms with Crippen LogP contribution >= 0.6 is 0 Å². The number of Topliss-reactive ketones (excluding diaryl/α,β-unsaturated/α-hetero) is 1. The number of hydrogen-bond acceptors (Lipinski definition) is 4. The van der Waals surface area contributed by atoms with Gasteiger partial charge in [0.15, 0.2) is 5.78 Å². The molecule has 1 aromatic carbocycles. The summed E-state index contributed by atoms with van der Waals surface area (Å²) in [6.45, 7) is 8.47. The van der Waals surface area contributed by atoms with Crippen molar-refractivity contribution in [3.63, 3.8) is 0 Å². The monoisotopic (exact) mass is 407 g/mol. The van der Waals surface area contributed by atoms with E-state index in [0.717, 1.165) is 28.4 Å². The number of anilines is 1. The van der Waals surface area contributed by atoms with E-state index in [-0.39, 0.29) is 18.2 Å². The number of rotatable bonds is 8. The molecule has 0 bridgehead atoms. The Morgan fingerprint density at radius 3 is 2.47 bits per heavy atom. The summed E-state index contributed by atoms with van der Waals surface area (Å²) in [6.07, 6.45) is 1.65. The minimum atomic E-state index is -0.425. The van der Waals surface area contributed by atoms with Gasteiger partial charge in [-0.05, 0) is 65.1 Å². The molecule has 0 saturated carbocycles. The van der Waals surface area contributed by atoms with Gasteiger partial charge in [0, 0.05) is 22.6 Å². The molecule has 3 aromatic rings. The maximum atomic E-state index is 13.1. The van der Waals surface area contributed by atoms with Crippen LogP contribution in [0.4, 0.5) is 5.69 Å². The van der Waals surface area contributed by atoms with Crippen molar-refractivity contribution in [1.29, 1.82) is 0 Å². The molecule has 2 heterocycles. The van der Waals surface area contributed by atoms with Crippen LogP contribution in [0.15, 0.2) is 53.1 Å². The van der Waals surface area contributed by atoms with Gasteiger partial charge >= 0.3 is 0 Å². The van der Waals surface area contributed by atoms with E-state index in [2.05, 4.69) is 9.88 Å². The Balaban J connectivity index is 1.65. The number of hydrogen-bond donors (Lipinski definition) is 1. The predicted octanol–water partition coefficient (Wildman–Crippen LogP) is 4.20. The van der Waals surface area contributed by atoms with E-state index in [1.807, 2.05) is 70.2 Å². The summed E-state index contributed by atoms with van der Waals surface area (Å²) in [4.78, 5) is 27.3. The first-order valence-corrected chi connectivity index (χ1v) is 10.1. The van der Waals surface area contributed by atoms with Crippen LogP contribution in [-0.4, -0.2) is 40.8 Å². The van der Waals surface area contributed by atoms with Crippen LogP contribution < -0.4 is 5.32 Å². The van der Waals surface area contributed by atoms with Crippen LogP contribution in [0.1, 0.15) is 40.0 Å². The second-order valence-corrected chi connectivity index (χ2v) is 7.82. The molecule has 30 heavy (non-hydrogen) atoms. The molecular formula is C24H29N3O3. The van der Waals surface area contributed by atoms with E-state index >= 15 is 0 Å². The molecule has 0 spiro atoms. The number of aromatic nitrogens is 1. The molecule has 158 valence electrons. The van der Waals surface area contributed by atoms with Crippen LogP contribution in [0.3, 0.4) is 0 Å². The van der Waals surface area contributed by atoms with Gasteiger partial charge in [-0.15, -0.1) is 0 Å². The quantitative estimate of drug-likeness (QED) is 0.569. The first-order valence-electron chi connectivity index (χ1n) is 10.1. The van der Waals surface area contributed by atoms with Gasteiger partial charge in [-0.1, -0.05) is 17.7 Å². The smallest absolute Gasteiger partial charge is 0.238 e. The van der Waals surface area contributed by atoms with Gasteiger partial charge in [0.25, 0.3) is 0 Å². The minimum Gasteiger partial charge on any atom is -0.467 e. The van der Waals surface area contributed by atoms with Crippen LogP contribution in [0, 0.1) is 20.8 Å². The van der Waals surface area contributed by atoms with Gasteiger partial charge in [-0.2, -0.15) is 0 Å². The Labute approximate surface area is 177 Å². The number of benzene rings is 1. The highest BCUT2D eigenvalue weighted by Gasteiger charge is 2.25. The molecule has 0 unspecified atom stereocenters. The van der Waals surface area contributed by atoms with E-state index < -0.39 is 6.04 Å². The lowest BCUT2D eigenvalue weighted by molar-refractivity contribution is -0.117. The normalized spacial score (nSPS) is 12.2. The second kappa shape index (κ2) is 9.13. The Hall–Kier alpha value is -3.12. The number of furan rings is 1. The average molecular weight is 408 g/mol. The highest BCUT2D eigenvalue weighted by atomic mass is 16.3. The molecule has 0 saturated heterocycles. The van der Waals surface area contributed by atoms with Gasteiger partial charge in [0.1, 0.15) is 5.76 Å². The Morgan fingerprint density at radius 1 is 1.13 bits per heavy atom. The molecule has 1 atom stereocenters.